The molecule has 0 aliphatic carbocycles. The van der Waals surface area contributed by atoms with Crippen molar-refractivity contribution in [1.82, 2.24) is 0 Å². The van der Waals surface area contributed by atoms with E-state index in [4.69, 9.17) is 9.47 Å². The summed E-state index contributed by atoms with van der Waals surface area (Å²) in [6.45, 7) is 5.86. The van der Waals surface area contributed by atoms with Crippen LogP contribution in [-0.2, 0) is 15.9 Å². The highest BCUT2D eigenvalue weighted by atomic mass is 19.2. The van der Waals surface area contributed by atoms with E-state index in [2.05, 4.69) is 13.8 Å². The van der Waals surface area contributed by atoms with E-state index in [-0.39, 0.29) is 6.29 Å². The van der Waals surface area contributed by atoms with E-state index in [1.165, 1.54) is 64.2 Å². The molecule has 0 unspecified atom stereocenters. The maximum atomic E-state index is 14.9. The first-order chi connectivity index (χ1) is 17.6. The summed E-state index contributed by atoms with van der Waals surface area (Å²) in [6, 6.07) is 10.9. The Balaban J connectivity index is 1.47. The summed E-state index contributed by atoms with van der Waals surface area (Å²) >= 11 is 0. The van der Waals surface area contributed by atoms with E-state index < -0.39 is 11.6 Å². The molecule has 1 heterocycles. The second kappa shape index (κ2) is 16.1. The molecule has 200 valence electrons. The SMILES string of the molecule is CCCCCCCCCCc1ccc(-c2ccc(C3OCC(CCCCCC)CO3)cc2)c(F)c1F. The maximum Gasteiger partial charge on any atom is 0.183 e. The maximum absolute atomic E-state index is 14.9. The molecule has 1 aliphatic heterocycles. The molecule has 0 saturated carbocycles. The first-order valence-electron chi connectivity index (χ1n) is 14.4. The van der Waals surface area contributed by atoms with Crippen molar-refractivity contribution in [2.75, 3.05) is 13.2 Å². The summed E-state index contributed by atoms with van der Waals surface area (Å²) in [5.74, 6) is -1.00. The molecule has 0 aromatic heterocycles. The van der Waals surface area contributed by atoms with Crippen LogP contribution in [0.4, 0.5) is 8.78 Å². The molecule has 1 aliphatic rings. The molecule has 2 aromatic rings. The van der Waals surface area contributed by atoms with Gasteiger partial charge in [-0.15, -0.1) is 0 Å². The van der Waals surface area contributed by atoms with Crippen LogP contribution in [0.3, 0.4) is 0 Å². The summed E-state index contributed by atoms with van der Waals surface area (Å²) in [4.78, 5) is 0. The number of unbranched alkanes of at least 4 members (excludes halogenated alkanes) is 10. The fourth-order valence-electron chi connectivity index (χ4n) is 5.04. The van der Waals surface area contributed by atoms with E-state index >= 15 is 0 Å². The number of hydrogen-bond donors (Lipinski definition) is 0. The smallest absolute Gasteiger partial charge is 0.183 e. The number of aryl methyl sites for hydroxylation is 1. The largest absolute Gasteiger partial charge is 0.348 e. The molecule has 1 saturated heterocycles. The molecular formula is C32H46F2O2. The number of hydrogen-bond acceptors (Lipinski definition) is 2. The Morgan fingerprint density at radius 2 is 1.25 bits per heavy atom. The van der Waals surface area contributed by atoms with Crippen LogP contribution in [-0.4, -0.2) is 13.2 Å². The summed E-state index contributed by atoms with van der Waals surface area (Å²) < 4.78 is 41.6. The Morgan fingerprint density at radius 3 is 1.89 bits per heavy atom. The van der Waals surface area contributed by atoms with Gasteiger partial charge in [-0.2, -0.15) is 0 Å². The van der Waals surface area contributed by atoms with Gasteiger partial charge in [0.25, 0.3) is 0 Å². The molecule has 2 aromatic carbocycles. The first kappa shape index (κ1) is 28.8. The Morgan fingerprint density at radius 1 is 0.667 bits per heavy atom. The van der Waals surface area contributed by atoms with Gasteiger partial charge in [0.05, 0.1) is 13.2 Å². The van der Waals surface area contributed by atoms with Gasteiger partial charge in [-0.1, -0.05) is 121 Å². The van der Waals surface area contributed by atoms with E-state index in [1.807, 2.05) is 24.3 Å². The number of benzene rings is 2. The van der Waals surface area contributed by atoms with Crippen molar-refractivity contribution in [2.24, 2.45) is 5.92 Å². The third-order valence-electron chi connectivity index (χ3n) is 7.39. The lowest BCUT2D eigenvalue weighted by Crippen LogP contribution is -2.27. The highest BCUT2D eigenvalue weighted by Crippen LogP contribution is 2.31. The molecule has 0 atom stereocenters. The second-order valence-electron chi connectivity index (χ2n) is 10.5. The van der Waals surface area contributed by atoms with Crippen molar-refractivity contribution < 1.29 is 18.3 Å². The van der Waals surface area contributed by atoms with Crippen LogP contribution in [0, 0.1) is 17.6 Å². The summed E-state index contributed by atoms with van der Waals surface area (Å²) in [7, 11) is 0. The topological polar surface area (TPSA) is 18.5 Å². The molecule has 0 amide bonds. The van der Waals surface area contributed by atoms with E-state index in [9.17, 15) is 8.78 Å². The van der Waals surface area contributed by atoms with Gasteiger partial charge in [0.1, 0.15) is 0 Å². The number of halogens is 2. The second-order valence-corrected chi connectivity index (χ2v) is 10.5. The quantitative estimate of drug-likeness (QED) is 0.213. The fourth-order valence-corrected chi connectivity index (χ4v) is 5.04. The zero-order valence-electron chi connectivity index (χ0n) is 22.5. The highest BCUT2D eigenvalue weighted by Gasteiger charge is 2.23. The third kappa shape index (κ3) is 8.95. The molecule has 0 radical (unpaired) electrons. The standard InChI is InChI=1S/C32H46F2O2/c1-3-5-7-9-10-11-12-14-16-27-21-22-29(31(34)30(27)33)26-17-19-28(20-18-26)32-35-23-25(24-36-32)15-13-8-6-4-2/h17-22,25,32H,3-16,23-24H2,1-2H3. The van der Waals surface area contributed by atoms with Crippen LogP contribution >= 0.6 is 0 Å². The van der Waals surface area contributed by atoms with Crippen LogP contribution in [0.2, 0.25) is 0 Å². The zero-order valence-corrected chi connectivity index (χ0v) is 22.5. The van der Waals surface area contributed by atoms with Crippen molar-refractivity contribution in [3.8, 4) is 11.1 Å². The van der Waals surface area contributed by atoms with Crippen molar-refractivity contribution in [1.29, 1.82) is 0 Å². The molecular weight excluding hydrogens is 454 g/mol. The van der Waals surface area contributed by atoms with Gasteiger partial charge < -0.3 is 9.47 Å². The van der Waals surface area contributed by atoms with Gasteiger partial charge in [-0.05, 0) is 30.4 Å². The molecule has 3 rings (SSSR count). The Hall–Kier alpha value is -1.78. The molecule has 36 heavy (non-hydrogen) atoms. The molecule has 0 bridgehead atoms. The van der Waals surface area contributed by atoms with Crippen LogP contribution in [0.25, 0.3) is 11.1 Å². The Bertz CT molecular complexity index is 872. The minimum Gasteiger partial charge on any atom is -0.348 e. The van der Waals surface area contributed by atoms with Crippen molar-refractivity contribution in [3.63, 3.8) is 0 Å². The highest BCUT2D eigenvalue weighted by molar-refractivity contribution is 5.65. The van der Waals surface area contributed by atoms with Crippen molar-refractivity contribution in [3.05, 3.63) is 59.2 Å². The zero-order chi connectivity index (χ0) is 25.6. The number of ether oxygens (including phenoxy) is 2. The third-order valence-corrected chi connectivity index (χ3v) is 7.39. The molecule has 0 spiro atoms. The fraction of sp³-hybridized carbons (Fsp3) is 0.625. The van der Waals surface area contributed by atoms with Gasteiger partial charge in [-0.25, -0.2) is 8.78 Å². The first-order valence-corrected chi connectivity index (χ1v) is 14.4. The summed E-state index contributed by atoms with van der Waals surface area (Å²) in [5, 5.41) is 0. The van der Waals surface area contributed by atoms with Crippen molar-refractivity contribution >= 4 is 0 Å². The number of rotatable bonds is 16. The minimum absolute atomic E-state index is 0.302. The summed E-state index contributed by atoms with van der Waals surface area (Å²) in [6.07, 6.45) is 15.9. The lowest BCUT2D eigenvalue weighted by Gasteiger charge is -2.29. The monoisotopic (exact) mass is 500 g/mol. The normalized spacial score (nSPS) is 18.0. The van der Waals surface area contributed by atoms with E-state index in [0.29, 0.717) is 42.2 Å². The molecule has 4 heteroatoms. The van der Waals surface area contributed by atoms with Gasteiger partial charge >= 0.3 is 0 Å². The van der Waals surface area contributed by atoms with E-state index in [0.717, 1.165) is 24.8 Å². The molecule has 2 nitrogen and oxygen atoms in total. The lowest BCUT2D eigenvalue weighted by atomic mass is 9.98. The molecule has 0 N–H and O–H groups in total. The van der Waals surface area contributed by atoms with Crippen LogP contribution < -0.4 is 0 Å². The average Bonchev–Trinajstić information content (AvgIpc) is 2.91. The summed E-state index contributed by atoms with van der Waals surface area (Å²) in [5.41, 5.74) is 2.36. The Labute approximate surface area is 217 Å². The van der Waals surface area contributed by atoms with Gasteiger partial charge in [-0.3, -0.25) is 0 Å². The predicted molar refractivity (Wildman–Crippen MR) is 145 cm³/mol. The predicted octanol–water partition coefficient (Wildman–Crippen LogP) is 9.95. The van der Waals surface area contributed by atoms with E-state index in [1.54, 1.807) is 12.1 Å². The van der Waals surface area contributed by atoms with Crippen molar-refractivity contribution in [2.45, 2.75) is 110 Å². The lowest BCUT2D eigenvalue weighted by molar-refractivity contribution is -0.206. The van der Waals surface area contributed by atoms with Crippen LogP contribution in [0.15, 0.2) is 36.4 Å². The Kier molecular flexibility index (Phi) is 12.9. The van der Waals surface area contributed by atoms with Gasteiger partial charge in [0.15, 0.2) is 17.9 Å². The average molecular weight is 501 g/mol. The minimum atomic E-state index is -0.754. The molecule has 1 fully saturated rings. The van der Waals surface area contributed by atoms with Gasteiger partial charge in [0, 0.05) is 17.0 Å². The van der Waals surface area contributed by atoms with Gasteiger partial charge in [0.2, 0.25) is 0 Å². The van der Waals surface area contributed by atoms with Crippen LogP contribution in [0.5, 0.6) is 0 Å². The van der Waals surface area contributed by atoms with Crippen LogP contribution in [0.1, 0.15) is 115 Å².